The van der Waals surface area contributed by atoms with E-state index < -0.39 is 51.1 Å². The van der Waals surface area contributed by atoms with E-state index in [1.54, 1.807) is 30.3 Å². The molecule has 0 spiro atoms. The van der Waals surface area contributed by atoms with Gasteiger partial charge in [0.25, 0.3) is 11.8 Å². The minimum absolute atomic E-state index is 0.130. The number of imide groups is 2. The fraction of sp³-hybridized carbons (Fsp3) is 0.379. The number of ether oxygens (including phenoxy) is 1. The number of allylic oxidation sites excluding steroid dienone is 2. The fourth-order valence-electron chi connectivity index (χ4n) is 6.96. The van der Waals surface area contributed by atoms with E-state index in [1.165, 1.54) is 20.2 Å². The maximum atomic E-state index is 14.0. The van der Waals surface area contributed by atoms with E-state index in [-0.39, 0.29) is 30.1 Å². The standard InChI is InChI=1S/C29H25Cl3N2O6/c1-13-4-5-14(10-20(13)30)34-24(36)18-9-8-16-19(22(18)25(34)37)12-28(31)26(38)33(2)27(39)29(28,32)23(16)17-7-6-15(40-3)11-21(17)35/h4-8,10-11,18-19,22-23,35H,9,12H2,1-3H3. The minimum Gasteiger partial charge on any atom is -0.508 e. The van der Waals surface area contributed by atoms with Crippen LogP contribution in [0, 0.1) is 24.7 Å². The van der Waals surface area contributed by atoms with Crippen molar-refractivity contribution in [1.82, 2.24) is 4.90 Å². The summed E-state index contributed by atoms with van der Waals surface area (Å²) in [6.07, 6.45) is 1.90. The molecule has 6 atom stereocenters. The van der Waals surface area contributed by atoms with E-state index in [2.05, 4.69) is 0 Å². The van der Waals surface area contributed by atoms with E-state index in [9.17, 15) is 24.3 Å². The molecule has 2 aliphatic carbocycles. The number of phenolic OH excluding ortho intramolecular Hbond substituents is 1. The number of amides is 4. The Labute approximate surface area is 245 Å². The normalized spacial score (nSPS) is 33.1. The number of alkyl halides is 2. The molecule has 0 aromatic heterocycles. The Bertz CT molecular complexity index is 1560. The number of benzene rings is 2. The Morgan fingerprint density at radius 1 is 1.00 bits per heavy atom. The topological polar surface area (TPSA) is 104 Å². The fourth-order valence-corrected chi connectivity index (χ4v) is 8.15. The lowest BCUT2D eigenvalue weighted by Gasteiger charge is -2.50. The highest BCUT2D eigenvalue weighted by atomic mass is 35.5. The zero-order valence-corrected chi connectivity index (χ0v) is 24.0. The molecule has 1 N–H and O–H groups in total. The largest absolute Gasteiger partial charge is 0.508 e. The Hall–Kier alpha value is -3.07. The first-order valence-corrected chi connectivity index (χ1v) is 13.9. The number of carbonyl (C=O) groups excluding carboxylic acids is 4. The van der Waals surface area contributed by atoms with Crippen molar-refractivity contribution < 1.29 is 29.0 Å². The van der Waals surface area contributed by atoms with E-state index in [0.29, 0.717) is 22.0 Å². The number of likely N-dealkylation sites (tertiary alicyclic amines) is 1. The number of methoxy groups -OCH3 is 1. The van der Waals surface area contributed by atoms with Crippen molar-refractivity contribution >= 4 is 64.1 Å². The van der Waals surface area contributed by atoms with Gasteiger partial charge in [-0.1, -0.05) is 35.4 Å². The summed E-state index contributed by atoms with van der Waals surface area (Å²) in [6.45, 7) is 1.82. The van der Waals surface area contributed by atoms with Crippen LogP contribution in [0.15, 0.2) is 48.0 Å². The van der Waals surface area contributed by atoms with Crippen molar-refractivity contribution in [3.63, 3.8) is 0 Å². The number of rotatable bonds is 3. The van der Waals surface area contributed by atoms with Gasteiger partial charge in [-0.05, 0) is 49.4 Å². The third kappa shape index (κ3) is 3.33. The van der Waals surface area contributed by atoms with Crippen LogP contribution in [0.2, 0.25) is 5.02 Å². The summed E-state index contributed by atoms with van der Waals surface area (Å²) in [5, 5.41) is 11.5. The molecule has 2 aromatic rings. The highest BCUT2D eigenvalue weighted by Gasteiger charge is 2.76. The third-order valence-electron chi connectivity index (χ3n) is 8.98. The van der Waals surface area contributed by atoms with Crippen molar-refractivity contribution in [3.05, 3.63) is 64.2 Å². The highest BCUT2D eigenvalue weighted by molar-refractivity contribution is 6.53. The van der Waals surface area contributed by atoms with Crippen LogP contribution in [0.4, 0.5) is 5.69 Å². The molecule has 4 amide bonds. The maximum Gasteiger partial charge on any atom is 0.253 e. The Balaban J connectivity index is 1.52. The molecule has 2 aliphatic heterocycles. The molecule has 6 unspecified atom stereocenters. The van der Waals surface area contributed by atoms with Crippen molar-refractivity contribution in [2.45, 2.75) is 35.4 Å². The number of nitrogens with zero attached hydrogens (tertiary/aromatic N) is 2. The van der Waals surface area contributed by atoms with Gasteiger partial charge >= 0.3 is 0 Å². The van der Waals surface area contributed by atoms with Crippen molar-refractivity contribution in [2.75, 3.05) is 19.1 Å². The molecule has 4 aliphatic rings. The summed E-state index contributed by atoms with van der Waals surface area (Å²) in [5.41, 5.74) is 2.03. The van der Waals surface area contributed by atoms with Gasteiger partial charge in [0.05, 0.1) is 24.6 Å². The Morgan fingerprint density at radius 2 is 1.73 bits per heavy atom. The molecule has 11 heteroatoms. The van der Waals surface area contributed by atoms with Crippen LogP contribution in [0.25, 0.3) is 0 Å². The van der Waals surface area contributed by atoms with Gasteiger partial charge in [0.15, 0.2) is 9.75 Å². The van der Waals surface area contributed by atoms with Crippen molar-refractivity contribution in [1.29, 1.82) is 0 Å². The quantitative estimate of drug-likeness (QED) is 0.314. The predicted octanol–water partition coefficient (Wildman–Crippen LogP) is 4.56. The van der Waals surface area contributed by atoms with Gasteiger partial charge in [-0.15, -0.1) is 23.2 Å². The Morgan fingerprint density at radius 3 is 2.38 bits per heavy atom. The smallest absolute Gasteiger partial charge is 0.253 e. The highest BCUT2D eigenvalue weighted by Crippen LogP contribution is 2.66. The molecule has 40 heavy (non-hydrogen) atoms. The number of hydrogen-bond donors (Lipinski definition) is 1. The molecule has 6 rings (SSSR count). The van der Waals surface area contributed by atoms with Gasteiger partial charge < -0.3 is 9.84 Å². The van der Waals surface area contributed by atoms with Crippen LogP contribution in [-0.2, 0) is 19.2 Å². The van der Waals surface area contributed by atoms with Crippen LogP contribution in [-0.4, -0.2) is 57.5 Å². The first kappa shape index (κ1) is 27.1. The number of aromatic hydroxyl groups is 1. The van der Waals surface area contributed by atoms with Gasteiger partial charge in [-0.2, -0.15) is 0 Å². The second kappa shape index (κ2) is 8.96. The average molecular weight is 604 g/mol. The van der Waals surface area contributed by atoms with Crippen LogP contribution in [0.3, 0.4) is 0 Å². The summed E-state index contributed by atoms with van der Waals surface area (Å²) in [6, 6.07) is 9.56. The molecular weight excluding hydrogens is 579 g/mol. The Kier molecular flexibility index (Phi) is 6.08. The van der Waals surface area contributed by atoms with Gasteiger partial charge in [0.2, 0.25) is 11.8 Å². The number of aryl methyl sites for hydroxylation is 1. The van der Waals surface area contributed by atoms with Crippen molar-refractivity contribution in [2.24, 2.45) is 17.8 Å². The SMILES string of the molecule is COc1ccc(C2C3=CCC4C(=O)N(c5ccc(C)c(Cl)c5)C(=O)C4C3CC3(Cl)C(=O)N(C)C(=O)C23Cl)c(O)c1. The molecule has 2 aromatic carbocycles. The van der Waals surface area contributed by atoms with E-state index >= 15 is 0 Å². The number of carbonyl (C=O) groups is 4. The third-order valence-corrected chi connectivity index (χ3v) is 10.8. The number of anilines is 1. The van der Waals surface area contributed by atoms with Gasteiger partial charge in [-0.3, -0.25) is 24.1 Å². The van der Waals surface area contributed by atoms with E-state index in [0.717, 1.165) is 15.4 Å². The van der Waals surface area contributed by atoms with Crippen molar-refractivity contribution in [3.8, 4) is 11.5 Å². The monoisotopic (exact) mass is 602 g/mol. The second-order valence-corrected chi connectivity index (χ2v) is 12.5. The van der Waals surface area contributed by atoms with Crippen LogP contribution < -0.4 is 9.64 Å². The molecule has 1 saturated carbocycles. The summed E-state index contributed by atoms with van der Waals surface area (Å²) in [4.78, 5) is 52.9. The lowest BCUT2D eigenvalue weighted by molar-refractivity contribution is -0.138. The summed E-state index contributed by atoms with van der Waals surface area (Å²) >= 11 is 20.6. The maximum absolute atomic E-state index is 14.0. The van der Waals surface area contributed by atoms with Gasteiger partial charge in [0.1, 0.15) is 11.5 Å². The lowest BCUT2D eigenvalue weighted by atomic mass is 9.56. The molecule has 2 heterocycles. The zero-order chi connectivity index (χ0) is 28.9. The molecule has 0 radical (unpaired) electrons. The van der Waals surface area contributed by atoms with Crippen LogP contribution >= 0.6 is 34.8 Å². The average Bonchev–Trinajstić information content (AvgIpc) is 3.25. The number of fused-ring (bicyclic) bond motifs is 4. The number of hydrogen-bond acceptors (Lipinski definition) is 6. The summed E-state index contributed by atoms with van der Waals surface area (Å²) < 4.78 is 5.22. The van der Waals surface area contributed by atoms with Gasteiger partial charge in [-0.25, -0.2) is 4.90 Å². The first-order valence-electron chi connectivity index (χ1n) is 12.8. The lowest BCUT2D eigenvalue weighted by Crippen LogP contribution is -2.60. The molecule has 2 saturated heterocycles. The van der Waals surface area contributed by atoms with Crippen LogP contribution in [0.1, 0.15) is 29.9 Å². The first-order chi connectivity index (χ1) is 18.9. The van der Waals surface area contributed by atoms with E-state index in [4.69, 9.17) is 39.5 Å². The second-order valence-electron chi connectivity index (χ2n) is 10.9. The van der Waals surface area contributed by atoms with Gasteiger partial charge in [0, 0.05) is 29.6 Å². The van der Waals surface area contributed by atoms with Crippen LogP contribution in [0.5, 0.6) is 11.5 Å². The summed E-state index contributed by atoms with van der Waals surface area (Å²) in [7, 11) is 2.77. The molecule has 0 bridgehead atoms. The number of phenols is 1. The number of halogens is 3. The zero-order valence-electron chi connectivity index (χ0n) is 21.8. The predicted molar refractivity (Wildman–Crippen MR) is 149 cm³/mol. The molecular formula is C29H25Cl3N2O6. The molecule has 8 nitrogen and oxygen atoms in total. The summed E-state index contributed by atoms with van der Waals surface area (Å²) in [5.74, 6) is -5.30. The molecule has 208 valence electrons. The molecule has 3 fully saturated rings. The van der Waals surface area contributed by atoms with E-state index in [1.807, 2.05) is 13.0 Å². The minimum atomic E-state index is -1.97.